The Bertz CT molecular complexity index is 402. The zero-order valence-electron chi connectivity index (χ0n) is 10.9. The van der Waals surface area contributed by atoms with E-state index in [0.717, 1.165) is 12.1 Å². The summed E-state index contributed by atoms with van der Waals surface area (Å²) in [5.74, 6) is 0.263. The number of carbonyl (C=O) groups excluding carboxylic acids is 1. The highest BCUT2D eigenvalue weighted by atomic mass is 16.1. The quantitative estimate of drug-likeness (QED) is 0.840. The van der Waals surface area contributed by atoms with E-state index < -0.39 is 0 Å². The van der Waals surface area contributed by atoms with E-state index in [1.165, 1.54) is 6.20 Å². The van der Waals surface area contributed by atoms with Crippen LogP contribution in [0.2, 0.25) is 0 Å². The fourth-order valence-electron chi connectivity index (χ4n) is 1.76. The smallest absolute Gasteiger partial charge is 0.255 e. The van der Waals surface area contributed by atoms with Crippen LogP contribution in [0.15, 0.2) is 12.3 Å². The van der Waals surface area contributed by atoms with Crippen LogP contribution in [-0.2, 0) is 0 Å². The van der Waals surface area contributed by atoms with Crippen LogP contribution >= 0.6 is 0 Å². The summed E-state index contributed by atoms with van der Waals surface area (Å²) in [6.07, 6.45) is 2.44. The van der Waals surface area contributed by atoms with Crippen molar-refractivity contribution in [2.45, 2.75) is 40.2 Å². The van der Waals surface area contributed by atoms with Gasteiger partial charge >= 0.3 is 0 Å². The number of anilines is 1. The lowest BCUT2D eigenvalue weighted by Gasteiger charge is -2.21. The van der Waals surface area contributed by atoms with Gasteiger partial charge in [-0.05, 0) is 25.3 Å². The second-order valence-corrected chi connectivity index (χ2v) is 4.65. The number of nitrogens with one attached hydrogen (secondary N) is 1. The molecule has 1 rings (SSSR count). The molecule has 0 radical (unpaired) electrons. The number of rotatable bonds is 4. The number of aromatic nitrogens is 1. The van der Waals surface area contributed by atoms with Gasteiger partial charge in [-0.2, -0.15) is 0 Å². The first-order valence-electron chi connectivity index (χ1n) is 5.98. The lowest BCUT2D eigenvalue weighted by Crippen LogP contribution is -2.38. The predicted octanol–water partition coefficient (Wildman–Crippen LogP) is 2.14. The summed E-state index contributed by atoms with van der Waals surface area (Å²) < 4.78 is 0. The van der Waals surface area contributed by atoms with E-state index in [1.807, 2.05) is 6.92 Å². The Hall–Kier alpha value is -1.58. The molecule has 4 heteroatoms. The third-order valence-electron chi connectivity index (χ3n) is 2.88. The third-order valence-corrected chi connectivity index (χ3v) is 2.88. The van der Waals surface area contributed by atoms with Gasteiger partial charge in [-0.1, -0.05) is 20.8 Å². The number of carbonyl (C=O) groups is 1. The summed E-state index contributed by atoms with van der Waals surface area (Å²) >= 11 is 0. The first kappa shape index (κ1) is 13.5. The Kier molecular flexibility index (Phi) is 4.49. The van der Waals surface area contributed by atoms with Crippen molar-refractivity contribution in [3.63, 3.8) is 0 Å². The first-order chi connectivity index (χ1) is 7.95. The fourth-order valence-corrected chi connectivity index (χ4v) is 1.76. The highest BCUT2D eigenvalue weighted by Gasteiger charge is 2.17. The minimum absolute atomic E-state index is 0.143. The van der Waals surface area contributed by atoms with Crippen LogP contribution in [0.1, 0.15) is 43.2 Å². The molecule has 3 N–H and O–H groups in total. The van der Waals surface area contributed by atoms with Crippen molar-refractivity contribution in [3.05, 3.63) is 23.5 Å². The molecule has 1 amide bonds. The molecular formula is C13H21N3O. The highest BCUT2D eigenvalue weighted by molar-refractivity contribution is 5.98. The molecule has 94 valence electrons. The van der Waals surface area contributed by atoms with Crippen molar-refractivity contribution in [1.82, 2.24) is 10.3 Å². The Balaban J connectivity index is 2.82. The van der Waals surface area contributed by atoms with Gasteiger partial charge in [0.15, 0.2) is 0 Å². The zero-order valence-corrected chi connectivity index (χ0v) is 10.9. The molecule has 0 aromatic carbocycles. The van der Waals surface area contributed by atoms with Gasteiger partial charge in [-0.3, -0.25) is 9.78 Å². The van der Waals surface area contributed by atoms with Crippen LogP contribution in [0.25, 0.3) is 0 Å². The maximum atomic E-state index is 12.0. The Morgan fingerprint density at radius 2 is 2.18 bits per heavy atom. The van der Waals surface area contributed by atoms with Gasteiger partial charge < -0.3 is 11.1 Å². The molecule has 1 unspecified atom stereocenters. The minimum atomic E-state index is -0.143. The average Bonchev–Trinajstić information content (AvgIpc) is 2.24. The van der Waals surface area contributed by atoms with Gasteiger partial charge in [0.05, 0.1) is 5.56 Å². The van der Waals surface area contributed by atoms with E-state index in [1.54, 1.807) is 6.07 Å². The number of nitrogens with zero attached hydrogens (tertiary/aromatic N) is 1. The van der Waals surface area contributed by atoms with Crippen LogP contribution in [0, 0.1) is 12.8 Å². The number of nitrogens with two attached hydrogens (primary N) is 1. The first-order valence-corrected chi connectivity index (χ1v) is 5.98. The van der Waals surface area contributed by atoms with Crippen LogP contribution in [-0.4, -0.2) is 16.9 Å². The maximum Gasteiger partial charge on any atom is 0.255 e. The standard InChI is InChI=1S/C13H21N3O/c1-5-12(8(2)3)16-13(17)10-7-15-9(4)6-11(10)14/h6-8,12H,5H2,1-4H3,(H2,14,15)(H,16,17). The summed E-state index contributed by atoms with van der Waals surface area (Å²) in [6, 6.07) is 1.88. The highest BCUT2D eigenvalue weighted by Crippen LogP contribution is 2.13. The molecule has 0 spiro atoms. The van der Waals surface area contributed by atoms with Gasteiger partial charge in [-0.15, -0.1) is 0 Å². The van der Waals surface area contributed by atoms with Crippen LogP contribution < -0.4 is 11.1 Å². The summed E-state index contributed by atoms with van der Waals surface area (Å²) in [4.78, 5) is 16.1. The number of pyridine rings is 1. The van der Waals surface area contributed by atoms with E-state index >= 15 is 0 Å². The molecule has 0 saturated carbocycles. The molecule has 0 fully saturated rings. The van der Waals surface area contributed by atoms with Gasteiger partial charge in [0, 0.05) is 23.6 Å². The Morgan fingerprint density at radius 3 is 2.65 bits per heavy atom. The molecule has 0 saturated heterocycles. The van der Waals surface area contributed by atoms with E-state index in [-0.39, 0.29) is 11.9 Å². The molecule has 1 heterocycles. The SMILES string of the molecule is CCC(NC(=O)c1cnc(C)cc1N)C(C)C. The largest absolute Gasteiger partial charge is 0.398 e. The molecule has 4 nitrogen and oxygen atoms in total. The van der Waals surface area contributed by atoms with Crippen molar-refractivity contribution < 1.29 is 4.79 Å². The van der Waals surface area contributed by atoms with Crippen molar-refractivity contribution in [1.29, 1.82) is 0 Å². The number of amides is 1. The molecule has 17 heavy (non-hydrogen) atoms. The fraction of sp³-hybridized carbons (Fsp3) is 0.538. The van der Waals surface area contributed by atoms with Crippen molar-refractivity contribution >= 4 is 11.6 Å². The zero-order chi connectivity index (χ0) is 13.0. The number of hydrogen-bond acceptors (Lipinski definition) is 3. The average molecular weight is 235 g/mol. The van der Waals surface area contributed by atoms with Crippen LogP contribution in [0.5, 0.6) is 0 Å². The number of nitrogen functional groups attached to an aromatic ring is 1. The molecule has 1 aromatic heterocycles. The monoisotopic (exact) mass is 235 g/mol. The second-order valence-electron chi connectivity index (χ2n) is 4.65. The lowest BCUT2D eigenvalue weighted by atomic mass is 10.0. The molecule has 0 aliphatic heterocycles. The molecule has 1 aromatic rings. The van der Waals surface area contributed by atoms with E-state index in [2.05, 4.69) is 31.1 Å². The van der Waals surface area contributed by atoms with Crippen molar-refractivity contribution in [2.75, 3.05) is 5.73 Å². The summed E-state index contributed by atoms with van der Waals surface area (Å²) in [5.41, 5.74) is 7.56. The van der Waals surface area contributed by atoms with Crippen molar-refractivity contribution in [2.24, 2.45) is 5.92 Å². The normalized spacial score (nSPS) is 12.5. The Morgan fingerprint density at radius 1 is 1.53 bits per heavy atom. The third kappa shape index (κ3) is 3.44. The van der Waals surface area contributed by atoms with Gasteiger partial charge in [0.1, 0.15) is 0 Å². The molecule has 0 bridgehead atoms. The molecular weight excluding hydrogens is 214 g/mol. The molecule has 0 aliphatic rings. The topological polar surface area (TPSA) is 68.0 Å². The molecule has 1 atom stereocenters. The maximum absolute atomic E-state index is 12.0. The number of hydrogen-bond donors (Lipinski definition) is 2. The van der Waals surface area contributed by atoms with E-state index in [9.17, 15) is 4.79 Å². The Labute approximate surface area is 103 Å². The summed E-state index contributed by atoms with van der Waals surface area (Å²) in [5, 5.41) is 2.98. The minimum Gasteiger partial charge on any atom is -0.398 e. The van der Waals surface area contributed by atoms with Crippen LogP contribution in [0.4, 0.5) is 5.69 Å². The van der Waals surface area contributed by atoms with Crippen molar-refractivity contribution in [3.8, 4) is 0 Å². The molecule has 0 aliphatic carbocycles. The van der Waals surface area contributed by atoms with Gasteiger partial charge in [0.25, 0.3) is 5.91 Å². The van der Waals surface area contributed by atoms with Crippen LogP contribution in [0.3, 0.4) is 0 Å². The lowest BCUT2D eigenvalue weighted by molar-refractivity contribution is 0.0925. The van der Waals surface area contributed by atoms with Gasteiger partial charge in [0.2, 0.25) is 0 Å². The van der Waals surface area contributed by atoms with E-state index in [4.69, 9.17) is 5.73 Å². The predicted molar refractivity (Wildman–Crippen MR) is 69.8 cm³/mol. The summed E-state index contributed by atoms with van der Waals surface area (Å²) in [6.45, 7) is 8.08. The van der Waals surface area contributed by atoms with E-state index in [0.29, 0.717) is 17.2 Å². The second kappa shape index (κ2) is 5.66. The number of aryl methyl sites for hydroxylation is 1. The van der Waals surface area contributed by atoms with Gasteiger partial charge in [-0.25, -0.2) is 0 Å². The summed E-state index contributed by atoms with van der Waals surface area (Å²) in [7, 11) is 0.